The monoisotopic (exact) mass is 396 g/mol. The zero-order valence-corrected chi connectivity index (χ0v) is 13.7. The van der Waals surface area contributed by atoms with Crippen molar-refractivity contribution in [1.29, 1.82) is 0 Å². The average molecular weight is 399 g/mol. The summed E-state index contributed by atoms with van der Waals surface area (Å²) < 4.78 is 2.31. The number of alkyl halides is 1. The molecular formula is C12H15Br3. The van der Waals surface area contributed by atoms with Crippen LogP contribution in [0.3, 0.4) is 0 Å². The van der Waals surface area contributed by atoms with Gasteiger partial charge < -0.3 is 0 Å². The maximum absolute atomic E-state index is 3.75. The van der Waals surface area contributed by atoms with Crippen LogP contribution in [0.1, 0.15) is 37.1 Å². The highest BCUT2D eigenvalue weighted by Crippen LogP contribution is 2.35. The molecule has 15 heavy (non-hydrogen) atoms. The molecule has 0 radical (unpaired) electrons. The molecule has 0 saturated carbocycles. The fourth-order valence-corrected chi connectivity index (χ4v) is 3.24. The summed E-state index contributed by atoms with van der Waals surface area (Å²) in [6.45, 7) is 4.52. The molecule has 0 saturated heterocycles. The van der Waals surface area contributed by atoms with Crippen molar-refractivity contribution in [2.75, 3.05) is 0 Å². The van der Waals surface area contributed by atoms with Crippen LogP contribution in [0.5, 0.6) is 0 Å². The van der Waals surface area contributed by atoms with E-state index in [-0.39, 0.29) is 0 Å². The van der Waals surface area contributed by atoms with Crippen LogP contribution in [0, 0.1) is 5.92 Å². The first-order valence-corrected chi connectivity index (χ1v) is 7.60. The number of benzene rings is 1. The van der Waals surface area contributed by atoms with E-state index in [1.54, 1.807) is 0 Å². The molecule has 1 atom stereocenters. The Hall–Kier alpha value is 0.660. The van der Waals surface area contributed by atoms with Crippen LogP contribution in [0.4, 0.5) is 0 Å². The summed E-state index contributed by atoms with van der Waals surface area (Å²) in [6.07, 6.45) is 2.42. The lowest BCUT2D eigenvalue weighted by Crippen LogP contribution is -1.95. The first-order valence-electron chi connectivity index (χ1n) is 5.09. The maximum atomic E-state index is 3.75. The van der Waals surface area contributed by atoms with Crippen LogP contribution in [-0.4, -0.2) is 0 Å². The van der Waals surface area contributed by atoms with Gasteiger partial charge in [-0.25, -0.2) is 0 Å². The Bertz CT molecular complexity index is 321. The van der Waals surface area contributed by atoms with Gasteiger partial charge >= 0.3 is 0 Å². The van der Waals surface area contributed by atoms with Crippen molar-refractivity contribution in [2.45, 2.75) is 31.5 Å². The smallest absolute Gasteiger partial charge is 0.0407 e. The van der Waals surface area contributed by atoms with E-state index in [9.17, 15) is 0 Å². The van der Waals surface area contributed by atoms with E-state index in [0.29, 0.717) is 4.83 Å². The minimum absolute atomic E-state index is 0.437. The van der Waals surface area contributed by atoms with Crippen LogP contribution in [0.2, 0.25) is 0 Å². The lowest BCUT2D eigenvalue weighted by Gasteiger charge is -2.14. The number of hydrogen-bond donors (Lipinski definition) is 0. The highest BCUT2D eigenvalue weighted by Gasteiger charge is 2.12. The predicted molar refractivity (Wildman–Crippen MR) is 77.6 cm³/mol. The summed E-state index contributed by atoms with van der Waals surface area (Å²) in [7, 11) is 0. The van der Waals surface area contributed by atoms with Crippen molar-refractivity contribution >= 4 is 47.8 Å². The third kappa shape index (κ3) is 4.58. The fraction of sp³-hybridized carbons (Fsp3) is 0.500. The Labute approximate surface area is 117 Å². The average Bonchev–Trinajstić information content (AvgIpc) is 2.18. The van der Waals surface area contributed by atoms with Gasteiger partial charge in [-0.1, -0.05) is 61.6 Å². The topological polar surface area (TPSA) is 0 Å². The zero-order chi connectivity index (χ0) is 11.4. The summed E-state index contributed by atoms with van der Waals surface area (Å²) in [5.41, 5.74) is 1.32. The molecule has 0 aliphatic carbocycles. The summed E-state index contributed by atoms with van der Waals surface area (Å²) in [4.78, 5) is 0.437. The lowest BCUT2D eigenvalue weighted by atomic mass is 10.0. The van der Waals surface area contributed by atoms with Crippen LogP contribution >= 0.6 is 47.8 Å². The number of halogens is 3. The van der Waals surface area contributed by atoms with Crippen molar-refractivity contribution in [1.82, 2.24) is 0 Å². The van der Waals surface area contributed by atoms with Crippen molar-refractivity contribution in [3.63, 3.8) is 0 Å². The molecule has 0 spiro atoms. The summed E-state index contributed by atoms with van der Waals surface area (Å²) in [5, 5.41) is 0. The van der Waals surface area contributed by atoms with E-state index in [1.165, 1.54) is 22.9 Å². The van der Waals surface area contributed by atoms with Gasteiger partial charge in [-0.3, -0.25) is 0 Å². The standard InChI is InChI=1S/C12H15Br3/c1-8(2)3-5-11(14)10-7-9(13)4-6-12(10)15/h4,6-8,11H,3,5H2,1-2H3. The molecule has 0 fully saturated rings. The third-order valence-electron chi connectivity index (χ3n) is 2.29. The van der Waals surface area contributed by atoms with Gasteiger partial charge in [-0.05, 0) is 42.5 Å². The van der Waals surface area contributed by atoms with Gasteiger partial charge in [0.25, 0.3) is 0 Å². The first kappa shape index (κ1) is 13.7. The van der Waals surface area contributed by atoms with Gasteiger partial charge in [-0.15, -0.1) is 0 Å². The normalized spacial score (nSPS) is 13.2. The zero-order valence-electron chi connectivity index (χ0n) is 8.93. The van der Waals surface area contributed by atoms with Gasteiger partial charge in [0.2, 0.25) is 0 Å². The van der Waals surface area contributed by atoms with Crippen LogP contribution < -0.4 is 0 Å². The van der Waals surface area contributed by atoms with Crippen LogP contribution in [0.15, 0.2) is 27.1 Å². The molecule has 0 aliphatic rings. The van der Waals surface area contributed by atoms with Gasteiger partial charge in [-0.2, -0.15) is 0 Å². The minimum atomic E-state index is 0.437. The van der Waals surface area contributed by atoms with Crippen molar-refractivity contribution in [2.24, 2.45) is 5.92 Å². The molecule has 1 aromatic carbocycles. The fourth-order valence-electron chi connectivity index (χ4n) is 1.39. The van der Waals surface area contributed by atoms with Gasteiger partial charge in [0.15, 0.2) is 0 Å². The minimum Gasteiger partial charge on any atom is -0.0838 e. The van der Waals surface area contributed by atoms with Gasteiger partial charge in [0.1, 0.15) is 0 Å². The number of hydrogen-bond acceptors (Lipinski definition) is 0. The molecule has 0 bridgehead atoms. The molecule has 1 unspecified atom stereocenters. The van der Waals surface area contributed by atoms with E-state index in [1.807, 2.05) is 0 Å². The molecule has 84 valence electrons. The quantitative estimate of drug-likeness (QED) is 0.539. The molecule has 1 rings (SSSR count). The van der Waals surface area contributed by atoms with Gasteiger partial charge in [0.05, 0.1) is 0 Å². The second kappa shape index (κ2) is 6.41. The van der Waals surface area contributed by atoms with Crippen molar-refractivity contribution in [3.05, 3.63) is 32.7 Å². The SMILES string of the molecule is CC(C)CCC(Br)c1cc(Br)ccc1Br. The second-order valence-electron chi connectivity index (χ2n) is 4.10. The lowest BCUT2D eigenvalue weighted by molar-refractivity contribution is 0.553. The third-order valence-corrected chi connectivity index (χ3v) is 4.46. The molecule has 1 aromatic rings. The molecule has 0 heterocycles. The van der Waals surface area contributed by atoms with E-state index in [2.05, 4.69) is 79.8 Å². The Kier molecular flexibility index (Phi) is 5.86. The maximum Gasteiger partial charge on any atom is 0.0407 e. The first-order chi connectivity index (χ1) is 7.00. The van der Waals surface area contributed by atoms with E-state index in [4.69, 9.17) is 0 Å². The summed E-state index contributed by atoms with van der Waals surface area (Å²) in [6, 6.07) is 6.31. The highest BCUT2D eigenvalue weighted by molar-refractivity contribution is 9.11. The second-order valence-corrected chi connectivity index (χ2v) is 6.98. The Morgan fingerprint density at radius 2 is 1.80 bits per heavy atom. The summed E-state index contributed by atoms with van der Waals surface area (Å²) in [5.74, 6) is 0.760. The van der Waals surface area contributed by atoms with E-state index < -0.39 is 0 Å². The molecule has 0 amide bonds. The molecule has 0 aromatic heterocycles. The van der Waals surface area contributed by atoms with E-state index >= 15 is 0 Å². The predicted octanol–water partition coefficient (Wildman–Crippen LogP) is 6.08. The van der Waals surface area contributed by atoms with Crippen LogP contribution in [-0.2, 0) is 0 Å². The number of rotatable bonds is 4. The van der Waals surface area contributed by atoms with Crippen molar-refractivity contribution < 1.29 is 0 Å². The van der Waals surface area contributed by atoms with E-state index in [0.717, 1.165) is 10.4 Å². The molecule has 0 aliphatic heterocycles. The molecule has 0 nitrogen and oxygen atoms in total. The Morgan fingerprint density at radius 3 is 2.40 bits per heavy atom. The largest absolute Gasteiger partial charge is 0.0838 e. The van der Waals surface area contributed by atoms with Gasteiger partial charge in [0, 0.05) is 13.8 Å². The Morgan fingerprint density at radius 1 is 1.13 bits per heavy atom. The highest BCUT2D eigenvalue weighted by atomic mass is 79.9. The molecule has 0 N–H and O–H groups in total. The van der Waals surface area contributed by atoms with Crippen molar-refractivity contribution in [3.8, 4) is 0 Å². The molecular weight excluding hydrogens is 384 g/mol. The summed E-state index contributed by atoms with van der Waals surface area (Å²) >= 11 is 10.8. The Balaban J connectivity index is 2.72. The van der Waals surface area contributed by atoms with Crippen LogP contribution in [0.25, 0.3) is 0 Å². The molecule has 3 heteroatoms.